The maximum atomic E-state index is 13.5. The van der Waals surface area contributed by atoms with E-state index in [4.69, 9.17) is 5.73 Å². The van der Waals surface area contributed by atoms with Gasteiger partial charge < -0.3 is 10.8 Å². The summed E-state index contributed by atoms with van der Waals surface area (Å²) in [5.41, 5.74) is 7.22. The fraction of sp³-hybridized carbons (Fsp3) is 0.267. The van der Waals surface area contributed by atoms with Crippen LogP contribution in [0.1, 0.15) is 11.3 Å². The minimum Gasteiger partial charge on any atom is -0.391 e. The van der Waals surface area contributed by atoms with Crippen LogP contribution in [0.4, 0.5) is 4.39 Å². The van der Waals surface area contributed by atoms with Gasteiger partial charge in [-0.25, -0.2) is 4.39 Å². The fourth-order valence-electron chi connectivity index (χ4n) is 1.94. The van der Waals surface area contributed by atoms with Gasteiger partial charge in [0, 0.05) is 24.4 Å². The quantitative estimate of drug-likeness (QED) is 0.884. The van der Waals surface area contributed by atoms with Gasteiger partial charge in [0.2, 0.25) is 0 Å². The minimum atomic E-state index is -0.741. The minimum absolute atomic E-state index is 0. The maximum absolute atomic E-state index is 13.5. The summed E-state index contributed by atoms with van der Waals surface area (Å²) in [7, 11) is 0. The first kappa shape index (κ1) is 19.8. The zero-order valence-corrected chi connectivity index (χ0v) is 13.0. The summed E-state index contributed by atoms with van der Waals surface area (Å²) in [6.45, 7) is 0. The van der Waals surface area contributed by atoms with Crippen molar-refractivity contribution in [1.29, 1.82) is 0 Å². The third-order valence-corrected chi connectivity index (χ3v) is 3.05. The molecule has 0 aliphatic rings. The lowest BCUT2D eigenvalue weighted by Crippen LogP contribution is -2.38. The average Bonchev–Trinajstić information content (AvgIpc) is 2.42. The number of hydrogen-bond donors (Lipinski definition) is 2. The molecule has 2 rings (SSSR count). The van der Waals surface area contributed by atoms with Crippen molar-refractivity contribution in [2.45, 2.75) is 25.0 Å². The second-order valence-electron chi connectivity index (χ2n) is 4.55. The second kappa shape index (κ2) is 9.68. The summed E-state index contributed by atoms with van der Waals surface area (Å²) >= 11 is 0. The standard InChI is InChI=1S/C15H17FN2O.2ClH/c16-13-7-2-1-5-11(13)9-14(17)15(19)10-12-6-3-4-8-18-12;;/h1-8,14-15,19H,9-10,17H2;2*1H/t14-,15+;;/m1../s1. The molecule has 0 aliphatic carbocycles. The normalized spacial score (nSPS) is 12.7. The maximum Gasteiger partial charge on any atom is 0.126 e. The van der Waals surface area contributed by atoms with Crippen LogP contribution in [0.25, 0.3) is 0 Å². The number of aromatic nitrogens is 1. The molecule has 0 amide bonds. The summed E-state index contributed by atoms with van der Waals surface area (Å²) in [4.78, 5) is 4.14. The molecule has 0 saturated heterocycles. The van der Waals surface area contributed by atoms with Crippen molar-refractivity contribution < 1.29 is 9.50 Å². The molecular weight excluding hydrogens is 314 g/mol. The van der Waals surface area contributed by atoms with Crippen LogP contribution in [0.2, 0.25) is 0 Å². The highest BCUT2D eigenvalue weighted by atomic mass is 35.5. The van der Waals surface area contributed by atoms with Crippen LogP contribution in [-0.2, 0) is 12.8 Å². The van der Waals surface area contributed by atoms with Crippen LogP contribution in [0.5, 0.6) is 0 Å². The lowest BCUT2D eigenvalue weighted by atomic mass is 9.98. The molecule has 1 aromatic heterocycles. The smallest absolute Gasteiger partial charge is 0.126 e. The zero-order valence-electron chi connectivity index (χ0n) is 11.4. The monoisotopic (exact) mass is 332 g/mol. The Bertz CT molecular complexity index is 528. The van der Waals surface area contributed by atoms with Gasteiger partial charge in [0.05, 0.1) is 6.10 Å². The Morgan fingerprint density at radius 3 is 2.33 bits per heavy atom. The molecule has 116 valence electrons. The molecule has 0 spiro atoms. The van der Waals surface area contributed by atoms with Gasteiger partial charge >= 0.3 is 0 Å². The van der Waals surface area contributed by atoms with Crippen molar-refractivity contribution in [2.24, 2.45) is 5.73 Å². The van der Waals surface area contributed by atoms with E-state index in [1.165, 1.54) is 6.07 Å². The SMILES string of the molecule is Cl.Cl.N[C@H](Cc1ccccc1F)[C@@H](O)Cc1ccccn1. The van der Waals surface area contributed by atoms with Gasteiger partial charge in [-0.1, -0.05) is 24.3 Å². The van der Waals surface area contributed by atoms with Crippen LogP contribution >= 0.6 is 24.8 Å². The van der Waals surface area contributed by atoms with Gasteiger partial charge in [0.1, 0.15) is 5.82 Å². The highest BCUT2D eigenvalue weighted by molar-refractivity contribution is 5.85. The number of nitrogens with zero attached hydrogens (tertiary/aromatic N) is 1. The molecule has 0 bridgehead atoms. The van der Waals surface area contributed by atoms with Crippen LogP contribution in [0.3, 0.4) is 0 Å². The van der Waals surface area contributed by atoms with E-state index in [2.05, 4.69) is 4.98 Å². The van der Waals surface area contributed by atoms with Gasteiger partial charge in [0.15, 0.2) is 0 Å². The Hall–Kier alpha value is -1.20. The molecule has 3 N–H and O–H groups in total. The third kappa shape index (κ3) is 5.98. The molecule has 2 aromatic rings. The summed E-state index contributed by atoms with van der Waals surface area (Å²) in [5.74, 6) is -0.289. The third-order valence-electron chi connectivity index (χ3n) is 3.05. The number of nitrogens with two attached hydrogens (primary N) is 1. The number of rotatable bonds is 5. The van der Waals surface area contributed by atoms with Crippen LogP contribution < -0.4 is 5.73 Å². The lowest BCUT2D eigenvalue weighted by molar-refractivity contribution is 0.143. The summed E-state index contributed by atoms with van der Waals surface area (Å²) in [6, 6.07) is 11.5. The number of aliphatic hydroxyl groups excluding tert-OH is 1. The molecule has 6 heteroatoms. The Labute approximate surface area is 136 Å². The van der Waals surface area contributed by atoms with E-state index in [0.717, 1.165) is 5.69 Å². The number of benzene rings is 1. The Balaban J connectivity index is 0.00000200. The highest BCUT2D eigenvalue weighted by Crippen LogP contribution is 2.11. The molecular formula is C15H19Cl2FN2O. The summed E-state index contributed by atoms with van der Waals surface area (Å²) in [5, 5.41) is 10.0. The average molecular weight is 333 g/mol. The zero-order chi connectivity index (χ0) is 13.7. The molecule has 0 unspecified atom stereocenters. The molecule has 0 radical (unpaired) electrons. The van der Waals surface area contributed by atoms with E-state index in [9.17, 15) is 9.50 Å². The van der Waals surface area contributed by atoms with Gasteiger partial charge in [-0.15, -0.1) is 24.8 Å². The predicted octanol–water partition coefficient (Wildman–Crippen LogP) is 2.54. The Morgan fingerprint density at radius 1 is 1.05 bits per heavy atom. The molecule has 3 nitrogen and oxygen atoms in total. The van der Waals surface area contributed by atoms with Crippen molar-refractivity contribution in [1.82, 2.24) is 4.98 Å². The lowest BCUT2D eigenvalue weighted by Gasteiger charge is -2.18. The van der Waals surface area contributed by atoms with E-state index in [1.54, 1.807) is 24.4 Å². The van der Waals surface area contributed by atoms with Crippen molar-refractivity contribution in [2.75, 3.05) is 0 Å². The van der Waals surface area contributed by atoms with Gasteiger partial charge in [0.25, 0.3) is 0 Å². The summed E-state index contributed by atoms with van der Waals surface area (Å²) in [6.07, 6.45) is 1.61. The number of aliphatic hydroxyl groups is 1. The second-order valence-corrected chi connectivity index (χ2v) is 4.55. The Kier molecular flexibility index (Phi) is 9.13. The van der Waals surface area contributed by atoms with Crippen molar-refractivity contribution in [3.8, 4) is 0 Å². The largest absolute Gasteiger partial charge is 0.391 e. The van der Waals surface area contributed by atoms with Crippen LogP contribution in [-0.4, -0.2) is 22.2 Å². The van der Waals surface area contributed by atoms with E-state index < -0.39 is 12.1 Å². The van der Waals surface area contributed by atoms with Crippen molar-refractivity contribution in [3.05, 3.63) is 65.7 Å². The predicted molar refractivity (Wildman–Crippen MR) is 86.5 cm³/mol. The van der Waals surface area contributed by atoms with Crippen molar-refractivity contribution in [3.63, 3.8) is 0 Å². The molecule has 2 atom stereocenters. The first-order valence-electron chi connectivity index (χ1n) is 6.24. The first-order valence-corrected chi connectivity index (χ1v) is 6.24. The molecule has 1 heterocycles. The van der Waals surface area contributed by atoms with Crippen LogP contribution in [0, 0.1) is 5.82 Å². The van der Waals surface area contributed by atoms with E-state index in [1.807, 2.05) is 18.2 Å². The molecule has 0 aliphatic heterocycles. The first-order chi connectivity index (χ1) is 9.16. The van der Waals surface area contributed by atoms with Gasteiger partial charge in [-0.3, -0.25) is 4.98 Å². The molecule has 21 heavy (non-hydrogen) atoms. The van der Waals surface area contributed by atoms with Crippen LogP contribution in [0.15, 0.2) is 48.7 Å². The van der Waals surface area contributed by atoms with Crippen molar-refractivity contribution >= 4 is 24.8 Å². The number of pyridine rings is 1. The number of hydrogen-bond acceptors (Lipinski definition) is 3. The highest BCUT2D eigenvalue weighted by Gasteiger charge is 2.17. The Morgan fingerprint density at radius 2 is 1.71 bits per heavy atom. The summed E-state index contributed by atoms with van der Waals surface area (Å²) < 4.78 is 13.5. The van der Waals surface area contributed by atoms with E-state index in [0.29, 0.717) is 18.4 Å². The molecule has 0 saturated carbocycles. The fourth-order valence-corrected chi connectivity index (χ4v) is 1.94. The molecule has 0 fully saturated rings. The number of halogens is 3. The topological polar surface area (TPSA) is 59.1 Å². The van der Waals surface area contributed by atoms with E-state index in [-0.39, 0.29) is 30.6 Å². The van der Waals surface area contributed by atoms with E-state index >= 15 is 0 Å². The van der Waals surface area contributed by atoms with Gasteiger partial charge in [-0.2, -0.15) is 0 Å². The molecule has 1 aromatic carbocycles. The van der Waals surface area contributed by atoms with Gasteiger partial charge in [-0.05, 0) is 30.2 Å².